The highest BCUT2D eigenvalue weighted by atomic mass is 19.3. The Labute approximate surface area is 106 Å². The molecule has 0 bridgehead atoms. The van der Waals surface area contributed by atoms with Crippen LogP contribution in [0.1, 0.15) is 36.9 Å². The van der Waals surface area contributed by atoms with Gasteiger partial charge < -0.3 is 10.1 Å². The molecule has 100 valence electrons. The molecule has 0 spiro atoms. The second-order valence-corrected chi connectivity index (χ2v) is 4.57. The first-order valence-corrected chi connectivity index (χ1v) is 6.48. The lowest BCUT2D eigenvalue weighted by atomic mass is 9.87. The van der Waals surface area contributed by atoms with Crippen molar-refractivity contribution >= 4 is 0 Å². The minimum atomic E-state index is -2.43. The molecule has 0 saturated heterocycles. The molecule has 18 heavy (non-hydrogen) atoms. The second kappa shape index (κ2) is 6.14. The molecule has 0 heterocycles. The van der Waals surface area contributed by atoms with Crippen molar-refractivity contribution in [3.05, 3.63) is 29.3 Å². The minimum Gasteiger partial charge on any atom is -0.488 e. The van der Waals surface area contributed by atoms with Crippen LogP contribution in [0.25, 0.3) is 0 Å². The van der Waals surface area contributed by atoms with Crippen molar-refractivity contribution < 1.29 is 13.5 Å². The lowest BCUT2D eigenvalue weighted by Gasteiger charge is -2.26. The molecule has 4 heteroatoms. The van der Waals surface area contributed by atoms with Crippen molar-refractivity contribution in [2.75, 3.05) is 13.2 Å². The van der Waals surface area contributed by atoms with Crippen LogP contribution in [0.15, 0.2) is 18.2 Å². The largest absolute Gasteiger partial charge is 0.488 e. The van der Waals surface area contributed by atoms with Gasteiger partial charge in [0.15, 0.2) is 0 Å². The molecule has 1 unspecified atom stereocenters. The standard InChI is InChI=1S/C14H19F2NO/c1-2-17-13-5-3-4-10-6-7-11(8-12(10)13)18-9-14(15)16/h6-8,13-14,17H,2-5,9H2,1H3. The van der Waals surface area contributed by atoms with E-state index in [1.54, 1.807) is 6.07 Å². The van der Waals surface area contributed by atoms with Gasteiger partial charge in [0.1, 0.15) is 12.4 Å². The number of halogens is 2. The van der Waals surface area contributed by atoms with Gasteiger partial charge in [0.2, 0.25) is 0 Å². The summed E-state index contributed by atoms with van der Waals surface area (Å²) in [5.74, 6) is 0.541. The SMILES string of the molecule is CCNC1CCCc2ccc(OCC(F)F)cc21. The average molecular weight is 255 g/mol. The van der Waals surface area contributed by atoms with Crippen LogP contribution in [0.4, 0.5) is 8.78 Å². The maximum absolute atomic E-state index is 12.1. The van der Waals surface area contributed by atoms with E-state index in [0.29, 0.717) is 11.8 Å². The Kier molecular flexibility index (Phi) is 4.53. The third-order valence-electron chi connectivity index (χ3n) is 3.26. The zero-order chi connectivity index (χ0) is 13.0. The van der Waals surface area contributed by atoms with Crippen LogP contribution in [0.5, 0.6) is 5.75 Å². The summed E-state index contributed by atoms with van der Waals surface area (Å²) in [5.41, 5.74) is 2.51. The highest BCUT2D eigenvalue weighted by molar-refractivity contribution is 5.39. The molecular weight excluding hydrogens is 236 g/mol. The maximum atomic E-state index is 12.1. The molecule has 0 saturated carbocycles. The van der Waals surface area contributed by atoms with Gasteiger partial charge in [0, 0.05) is 6.04 Å². The normalized spacial score (nSPS) is 18.8. The van der Waals surface area contributed by atoms with Crippen molar-refractivity contribution in [3.63, 3.8) is 0 Å². The molecule has 1 aromatic rings. The van der Waals surface area contributed by atoms with E-state index in [1.807, 2.05) is 12.1 Å². The predicted octanol–water partition coefficient (Wildman–Crippen LogP) is 3.32. The van der Waals surface area contributed by atoms with Crippen molar-refractivity contribution in [2.24, 2.45) is 0 Å². The molecule has 0 amide bonds. The molecule has 1 aliphatic carbocycles. The Morgan fingerprint density at radius 1 is 1.44 bits per heavy atom. The highest BCUT2D eigenvalue weighted by Gasteiger charge is 2.20. The van der Waals surface area contributed by atoms with Crippen LogP contribution in [0, 0.1) is 0 Å². The fourth-order valence-electron chi connectivity index (χ4n) is 2.48. The quantitative estimate of drug-likeness (QED) is 0.871. The van der Waals surface area contributed by atoms with Crippen LogP contribution in [0.2, 0.25) is 0 Å². The number of alkyl halides is 2. The number of fused-ring (bicyclic) bond motifs is 1. The molecule has 0 aromatic heterocycles. The third kappa shape index (κ3) is 3.19. The summed E-state index contributed by atoms with van der Waals surface area (Å²) in [6.07, 6.45) is 0.901. The molecule has 2 nitrogen and oxygen atoms in total. The van der Waals surface area contributed by atoms with E-state index in [2.05, 4.69) is 12.2 Å². The Morgan fingerprint density at radius 3 is 3.00 bits per heavy atom. The molecule has 1 N–H and O–H groups in total. The molecule has 0 radical (unpaired) electrons. The molecule has 1 aromatic carbocycles. The first-order valence-electron chi connectivity index (χ1n) is 6.48. The first kappa shape index (κ1) is 13.3. The van der Waals surface area contributed by atoms with E-state index in [-0.39, 0.29) is 0 Å². The molecule has 1 atom stereocenters. The summed E-state index contributed by atoms with van der Waals surface area (Å²) in [6.45, 7) is 2.45. The summed E-state index contributed by atoms with van der Waals surface area (Å²) in [6, 6.07) is 6.02. The Hall–Kier alpha value is -1.16. The van der Waals surface area contributed by atoms with Crippen LogP contribution < -0.4 is 10.1 Å². The molecule has 0 aliphatic heterocycles. The minimum absolute atomic E-state index is 0.328. The van der Waals surface area contributed by atoms with Crippen molar-refractivity contribution in [1.82, 2.24) is 5.32 Å². The fraction of sp³-hybridized carbons (Fsp3) is 0.571. The van der Waals surface area contributed by atoms with Crippen molar-refractivity contribution in [3.8, 4) is 5.75 Å². The van der Waals surface area contributed by atoms with Crippen molar-refractivity contribution in [2.45, 2.75) is 38.7 Å². The average Bonchev–Trinajstić information content (AvgIpc) is 2.37. The Balaban J connectivity index is 2.14. The van der Waals surface area contributed by atoms with Crippen LogP contribution in [-0.2, 0) is 6.42 Å². The van der Waals surface area contributed by atoms with Gasteiger partial charge in [0.05, 0.1) is 0 Å². The Morgan fingerprint density at radius 2 is 2.28 bits per heavy atom. The first-order chi connectivity index (χ1) is 8.70. The highest BCUT2D eigenvalue weighted by Crippen LogP contribution is 2.32. The zero-order valence-corrected chi connectivity index (χ0v) is 10.6. The lowest BCUT2D eigenvalue weighted by molar-refractivity contribution is 0.0818. The van der Waals surface area contributed by atoms with Crippen molar-refractivity contribution in [1.29, 1.82) is 0 Å². The van der Waals surface area contributed by atoms with E-state index in [0.717, 1.165) is 19.4 Å². The summed E-state index contributed by atoms with van der Waals surface area (Å²) < 4.78 is 29.3. The summed E-state index contributed by atoms with van der Waals surface area (Å²) in [4.78, 5) is 0. The lowest BCUT2D eigenvalue weighted by Crippen LogP contribution is -2.25. The van der Waals surface area contributed by atoms with E-state index in [9.17, 15) is 8.78 Å². The van der Waals surface area contributed by atoms with Gasteiger partial charge in [-0.2, -0.15) is 0 Å². The van der Waals surface area contributed by atoms with Crippen LogP contribution in [0.3, 0.4) is 0 Å². The maximum Gasteiger partial charge on any atom is 0.272 e. The van der Waals surface area contributed by atoms with Gasteiger partial charge in [-0.05, 0) is 49.1 Å². The van der Waals surface area contributed by atoms with Crippen LogP contribution in [-0.4, -0.2) is 19.6 Å². The fourth-order valence-corrected chi connectivity index (χ4v) is 2.48. The topological polar surface area (TPSA) is 21.3 Å². The number of benzene rings is 1. The van der Waals surface area contributed by atoms with Gasteiger partial charge in [0.25, 0.3) is 6.43 Å². The van der Waals surface area contributed by atoms with Gasteiger partial charge in [-0.25, -0.2) is 8.78 Å². The predicted molar refractivity (Wildman–Crippen MR) is 67.3 cm³/mol. The molecule has 2 rings (SSSR count). The summed E-state index contributed by atoms with van der Waals surface area (Å²) in [5, 5.41) is 3.43. The van der Waals surface area contributed by atoms with Crippen LogP contribution >= 0.6 is 0 Å². The monoisotopic (exact) mass is 255 g/mol. The van der Waals surface area contributed by atoms with Gasteiger partial charge >= 0.3 is 0 Å². The molecule has 0 fully saturated rings. The Bertz CT molecular complexity index is 395. The van der Waals surface area contributed by atoms with Gasteiger partial charge in [-0.1, -0.05) is 13.0 Å². The number of hydrogen-bond acceptors (Lipinski definition) is 2. The number of aryl methyl sites for hydroxylation is 1. The number of rotatable bonds is 5. The van der Waals surface area contributed by atoms with E-state index < -0.39 is 13.0 Å². The van der Waals surface area contributed by atoms with Gasteiger partial charge in [-0.3, -0.25) is 0 Å². The zero-order valence-electron chi connectivity index (χ0n) is 10.6. The smallest absolute Gasteiger partial charge is 0.272 e. The number of hydrogen-bond donors (Lipinski definition) is 1. The third-order valence-corrected chi connectivity index (χ3v) is 3.26. The number of ether oxygens (including phenoxy) is 1. The molecular formula is C14H19F2NO. The van der Waals surface area contributed by atoms with Gasteiger partial charge in [-0.15, -0.1) is 0 Å². The number of nitrogens with one attached hydrogen (secondary N) is 1. The molecule has 1 aliphatic rings. The van der Waals surface area contributed by atoms with E-state index >= 15 is 0 Å². The van der Waals surface area contributed by atoms with E-state index in [4.69, 9.17) is 4.74 Å². The summed E-state index contributed by atoms with van der Waals surface area (Å²) >= 11 is 0. The second-order valence-electron chi connectivity index (χ2n) is 4.57. The van der Waals surface area contributed by atoms with E-state index in [1.165, 1.54) is 17.5 Å². The summed E-state index contributed by atoms with van der Waals surface area (Å²) in [7, 11) is 0.